The lowest BCUT2D eigenvalue weighted by Crippen LogP contribution is -2.04. The zero-order valence-corrected chi connectivity index (χ0v) is 8.87. The number of nitrogens with zero attached hydrogens (tertiary/aromatic N) is 2. The Morgan fingerprint density at radius 3 is 2.82 bits per heavy atom. The zero-order chi connectivity index (χ0) is 8.43. The number of aromatic nitrogens is 2. The first-order valence-electron chi connectivity index (χ1n) is 3.65. The van der Waals surface area contributed by atoms with Gasteiger partial charge in [-0.25, -0.2) is 0 Å². The van der Waals surface area contributed by atoms with E-state index in [0.717, 1.165) is 9.99 Å². The molecule has 1 aromatic rings. The van der Waals surface area contributed by atoms with Gasteiger partial charge in [0.15, 0.2) is 5.82 Å². The molecule has 1 atom stereocenters. The van der Waals surface area contributed by atoms with E-state index in [1.807, 2.05) is 10.9 Å². The summed E-state index contributed by atoms with van der Waals surface area (Å²) in [4.78, 5) is 0. The van der Waals surface area contributed by atoms with Crippen molar-refractivity contribution in [3.8, 4) is 0 Å². The zero-order valence-electron chi connectivity index (χ0n) is 6.71. The fourth-order valence-corrected chi connectivity index (χ4v) is 1.19. The van der Waals surface area contributed by atoms with Gasteiger partial charge in [0, 0.05) is 12.2 Å². The molecule has 62 valence electrons. The maximum absolute atomic E-state index is 5.59. The van der Waals surface area contributed by atoms with Gasteiger partial charge >= 0.3 is 0 Å². The Kier molecular flexibility index (Phi) is 2.75. The van der Waals surface area contributed by atoms with Crippen molar-refractivity contribution in [3.05, 3.63) is 9.77 Å². The second kappa shape index (κ2) is 3.42. The summed E-state index contributed by atoms with van der Waals surface area (Å²) >= 11 is 2.19. The average Bonchev–Trinajstić information content (AvgIpc) is 2.31. The summed E-state index contributed by atoms with van der Waals surface area (Å²) in [6.07, 6.45) is 3.06. The maximum Gasteiger partial charge on any atom is 0.158 e. The van der Waals surface area contributed by atoms with E-state index >= 15 is 0 Å². The smallest absolute Gasteiger partial charge is 0.158 e. The number of anilines is 1. The van der Waals surface area contributed by atoms with E-state index in [-0.39, 0.29) is 0 Å². The van der Waals surface area contributed by atoms with Crippen molar-refractivity contribution in [2.24, 2.45) is 0 Å². The standard InChI is InChI=1S/C7H12IN3/c1-3-5(2)11-4-6(8)7(9)10-11/h4-5H,3H2,1-2H3,(H2,9,10)/t5-/m1/s1. The summed E-state index contributed by atoms with van der Waals surface area (Å²) < 4.78 is 2.94. The van der Waals surface area contributed by atoms with Gasteiger partial charge in [-0.15, -0.1) is 0 Å². The number of nitrogens with two attached hydrogens (primary N) is 1. The topological polar surface area (TPSA) is 43.8 Å². The quantitative estimate of drug-likeness (QED) is 0.831. The Labute approximate surface area is 80.1 Å². The highest BCUT2D eigenvalue weighted by atomic mass is 127. The van der Waals surface area contributed by atoms with E-state index in [9.17, 15) is 0 Å². The van der Waals surface area contributed by atoms with Crippen molar-refractivity contribution < 1.29 is 0 Å². The van der Waals surface area contributed by atoms with Gasteiger partial charge < -0.3 is 5.73 Å². The Morgan fingerprint density at radius 1 is 1.82 bits per heavy atom. The molecule has 4 heteroatoms. The van der Waals surface area contributed by atoms with Gasteiger partial charge in [0.05, 0.1) is 3.57 Å². The highest BCUT2D eigenvalue weighted by Gasteiger charge is 2.06. The molecule has 0 unspecified atom stereocenters. The maximum atomic E-state index is 5.59. The van der Waals surface area contributed by atoms with Crippen molar-refractivity contribution in [1.29, 1.82) is 0 Å². The second-order valence-corrected chi connectivity index (χ2v) is 3.76. The Morgan fingerprint density at radius 2 is 2.45 bits per heavy atom. The number of halogens is 1. The summed E-state index contributed by atoms with van der Waals surface area (Å²) in [6, 6.07) is 0.445. The Balaban J connectivity index is 2.88. The minimum Gasteiger partial charge on any atom is -0.381 e. The number of hydrogen-bond donors (Lipinski definition) is 1. The van der Waals surface area contributed by atoms with Crippen LogP contribution in [0.4, 0.5) is 5.82 Å². The van der Waals surface area contributed by atoms with Crippen LogP contribution in [0.15, 0.2) is 6.20 Å². The predicted octanol–water partition coefficient (Wildman–Crippen LogP) is 2.04. The van der Waals surface area contributed by atoms with Crippen LogP contribution >= 0.6 is 22.6 Å². The van der Waals surface area contributed by atoms with E-state index in [1.165, 1.54) is 0 Å². The van der Waals surface area contributed by atoms with Gasteiger partial charge in [0.25, 0.3) is 0 Å². The molecule has 0 bridgehead atoms. The van der Waals surface area contributed by atoms with E-state index < -0.39 is 0 Å². The molecule has 1 heterocycles. The van der Waals surface area contributed by atoms with E-state index in [4.69, 9.17) is 5.73 Å². The van der Waals surface area contributed by atoms with E-state index in [0.29, 0.717) is 11.9 Å². The molecule has 0 aliphatic rings. The van der Waals surface area contributed by atoms with Gasteiger partial charge in [0.1, 0.15) is 0 Å². The lowest BCUT2D eigenvalue weighted by molar-refractivity contribution is 0.479. The van der Waals surface area contributed by atoms with Crippen molar-refractivity contribution >= 4 is 28.4 Å². The third-order valence-electron chi connectivity index (χ3n) is 1.76. The minimum atomic E-state index is 0.445. The first-order chi connectivity index (χ1) is 5.15. The van der Waals surface area contributed by atoms with Gasteiger partial charge in [-0.05, 0) is 35.9 Å². The molecule has 2 N–H and O–H groups in total. The third kappa shape index (κ3) is 1.85. The molecule has 1 aromatic heterocycles. The molecule has 0 aliphatic carbocycles. The number of hydrogen-bond acceptors (Lipinski definition) is 2. The van der Waals surface area contributed by atoms with Crippen LogP contribution in [0.3, 0.4) is 0 Å². The van der Waals surface area contributed by atoms with Crippen molar-refractivity contribution in [1.82, 2.24) is 9.78 Å². The van der Waals surface area contributed by atoms with Crippen molar-refractivity contribution in [2.45, 2.75) is 26.3 Å². The fraction of sp³-hybridized carbons (Fsp3) is 0.571. The first kappa shape index (κ1) is 8.83. The second-order valence-electron chi connectivity index (χ2n) is 2.60. The predicted molar refractivity (Wildman–Crippen MR) is 54.4 cm³/mol. The lowest BCUT2D eigenvalue weighted by Gasteiger charge is -2.07. The molecule has 0 radical (unpaired) electrons. The molecule has 0 aromatic carbocycles. The normalized spacial score (nSPS) is 13.4. The highest BCUT2D eigenvalue weighted by molar-refractivity contribution is 14.1. The average molecular weight is 265 g/mol. The van der Waals surface area contributed by atoms with Crippen LogP contribution in [-0.2, 0) is 0 Å². The lowest BCUT2D eigenvalue weighted by atomic mass is 10.3. The summed E-state index contributed by atoms with van der Waals surface area (Å²) in [6.45, 7) is 4.26. The molecule has 3 nitrogen and oxygen atoms in total. The minimum absolute atomic E-state index is 0.445. The van der Waals surface area contributed by atoms with E-state index in [2.05, 4.69) is 41.5 Å². The molecule has 0 amide bonds. The van der Waals surface area contributed by atoms with Crippen molar-refractivity contribution in [2.75, 3.05) is 5.73 Å². The Bertz CT molecular complexity index is 224. The van der Waals surface area contributed by atoms with Gasteiger partial charge in [-0.2, -0.15) is 5.10 Å². The van der Waals surface area contributed by atoms with Crippen LogP contribution in [0.1, 0.15) is 26.3 Å². The largest absolute Gasteiger partial charge is 0.381 e. The van der Waals surface area contributed by atoms with Gasteiger partial charge in [-0.1, -0.05) is 6.92 Å². The highest BCUT2D eigenvalue weighted by Crippen LogP contribution is 2.16. The number of rotatable bonds is 2. The van der Waals surface area contributed by atoms with E-state index in [1.54, 1.807) is 0 Å². The third-order valence-corrected chi connectivity index (χ3v) is 2.59. The molecule has 0 saturated heterocycles. The summed E-state index contributed by atoms with van der Waals surface area (Å²) in [5.74, 6) is 0.630. The molecule has 0 saturated carbocycles. The molecular weight excluding hydrogens is 253 g/mol. The van der Waals surface area contributed by atoms with Crippen molar-refractivity contribution in [3.63, 3.8) is 0 Å². The van der Waals surface area contributed by atoms with Crippen LogP contribution in [0.5, 0.6) is 0 Å². The van der Waals surface area contributed by atoms with Crippen LogP contribution in [-0.4, -0.2) is 9.78 Å². The van der Waals surface area contributed by atoms with Crippen LogP contribution in [0, 0.1) is 3.57 Å². The van der Waals surface area contributed by atoms with Gasteiger partial charge in [-0.3, -0.25) is 4.68 Å². The Hall–Kier alpha value is -0.260. The molecule has 0 aliphatic heterocycles. The monoisotopic (exact) mass is 265 g/mol. The summed E-state index contributed by atoms with van der Waals surface area (Å²) in [5, 5.41) is 4.17. The summed E-state index contributed by atoms with van der Waals surface area (Å²) in [5.41, 5.74) is 5.59. The van der Waals surface area contributed by atoms with Gasteiger partial charge in [0.2, 0.25) is 0 Å². The molecular formula is C7H12IN3. The first-order valence-corrected chi connectivity index (χ1v) is 4.73. The van der Waals surface area contributed by atoms with Crippen LogP contribution in [0.25, 0.3) is 0 Å². The summed E-state index contributed by atoms with van der Waals surface area (Å²) in [7, 11) is 0. The number of nitrogen functional groups attached to an aromatic ring is 1. The molecule has 0 spiro atoms. The molecule has 1 rings (SSSR count). The van der Waals surface area contributed by atoms with Crippen LogP contribution in [0.2, 0.25) is 0 Å². The fourth-order valence-electron chi connectivity index (χ4n) is 0.796. The van der Waals surface area contributed by atoms with Crippen LogP contribution < -0.4 is 5.73 Å². The molecule has 11 heavy (non-hydrogen) atoms. The SMILES string of the molecule is CC[C@@H](C)n1cc(I)c(N)n1. The molecule has 0 fully saturated rings.